The summed E-state index contributed by atoms with van der Waals surface area (Å²) in [5.41, 5.74) is -7.74. The topological polar surface area (TPSA) is 90.2 Å². The van der Waals surface area contributed by atoms with Crippen molar-refractivity contribution in [2.45, 2.75) is 180 Å². The van der Waals surface area contributed by atoms with Gasteiger partial charge in [-0.15, -0.1) is 0 Å². The van der Waals surface area contributed by atoms with Gasteiger partial charge in [0.15, 0.2) is 0 Å². The van der Waals surface area contributed by atoms with E-state index in [0.29, 0.717) is 0 Å². The van der Waals surface area contributed by atoms with Crippen molar-refractivity contribution in [3.63, 3.8) is 0 Å². The molecular weight excluding hydrogens is 729 g/mol. The summed E-state index contributed by atoms with van der Waals surface area (Å²) in [7, 11) is 0. The van der Waals surface area contributed by atoms with Crippen LogP contribution in [0.5, 0.6) is 0 Å². The number of unbranched alkanes of at least 4 members (excludes halogenated alkanes) is 12. The van der Waals surface area contributed by atoms with Crippen molar-refractivity contribution < 1.29 is 25.2 Å². The zero-order chi connectivity index (χ0) is 43.8. The highest BCUT2D eigenvalue weighted by molar-refractivity contribution is 5.34. The third-order valence-electron chi connectivity index (χ3n) is 10.0. The molecule has 0 saturated carbocycles. The number of hydrogen-bond acceptors (Lipinski definition) is 5. The minimum atomic E-state index is -1.97. The Morgan fingerprint density at radius 1 is 0.305 bits per heavy atom. The lowest BCUT2D eigenvalue weighted by Crippen LogP contribution is -2.57. The Hall–Kier alpha value is -3.32. The van der Waals surface area contributed by atoms with Crippen LogP contribution in [0, 0.1) is 0 Å². The summed E-state index contributed by atoms with van der Waals surface area (Å²) in [4.78, 5) is 0. The third-order valence-corrected chi connectivity index (χ3v) is 10.0. The Balaban J connectivity index is 7.31. The molecule has 2 atom stereocenters. The van der Waals surface area contributed by atoms with Crippen LogP contribution in [0.25, 0.3) is 0 Å². The maximum atomic E-state index is 12.5. The lowest BCUT2D eigenvalue weighted by Gasteiger charge is -2.41. The zero-order valence-corrected chi connectivity index (χ0v) is 38.2. The quantitative estimate of drug-likeness (QED) is 0.0374. The Morgan fingerprint density at radius 2 is 0.508 bits per heavy atom. The Bertz CT molecular complexity index is 1220. The van der Waals surface area contributed by atoms with Gasteiger partial charge in [-0.1, -0.05) is 228 Å². The molecule has 0 spiro atoms. The Kier molecular flexibility index (Phi) is 34.5. The van der Waals surface area contributed by atoms with Gasteiger partial charge in [-0.2, -0.15) is 0 Å². The van der Waals surface area contributed by atoms with Gasteiger partial charge in [-0.3, -0.25) is 0 Å². The van der Waals surface area contributed by atoms with Gasteiger partial charge >= 0.3 is 0 Å². The van der Waals surface area contributed by atoms with Crippen LogP contribution in [0.3, 0.4) is 0 Å². The summed E-state index contributed by atoms with van der Waals surface area (Å²) in [6.07, 6.45) is 62.0. The van der Waals surface area contributed by atoms with Gasteiger partial charge in [0.2, 0.25) is 0 Å². The van der Waals surface area contributed by atoms with Crippen LogP contribution in [0.2, 0.25) is 0 Å². The molecule has 4 N–H and O–H groups in total. The molecule has 0 aliphatic heterocycles. The van der Waals surface area contributed by atoms with Crippen molar-refractivity contribution in [2.24, 2.45) is 0 Å². The smallest absolute Gasteiger partial charge is 0.142 e. The predicted molar refractivity (Wildman–Crippen MR) is 257 cm³/mol. The van der Waals surface area contributed by atoms with Gasteiger partial charge in [-0.25, -0.2) is 0 Å². The van der Waals surface area contributed by atoms with E-state index in [1.165, 1.54) is 0 Å². The Labute approximate surface area is 362 Å². The van der Waals surface area contributed by atoms with Gasteiger partial charge in [0.1, 0.15) is 22.4 Å². The first-order chi connectivity index (χ1) is 28.6. The molecule has 0 heterocycles. The highest BCUT2D eigenvalue weighted by atomic mass is 16.5. The number of allylic oxidation sites excluding steroid dienone is 18. The summed E-state index contributed by atoms with van der Waals surface area (Å²) in [6.45, 7) is 12.1. The molecule has 0 radical (unpaired) electrons. The minimum Gasteiger partial charge on any atom is -0.380 e. The van der Waals surface area contributed by atoms with E-state index in [0.717, 1.165) is 116 Å². The van der Waals surface area contributed by atoms with Gasteiger partial charge in [0.25, 0.3) is 0 Å². The normalized spacial score (nSPS) is 17.8. The predicted octanol–water partition coefficient (Wildman–Crippen LogP) is 13.7. The second-order valence-electron chi connectivity index (χ2n) is 15.6. The zero-order valence-electron chi connectivity index (χ0n) is 38.2. The van der Waals surface area contributed by atoms with Crippen LogP contribution in [0.15, 0.2) is 146 Å². The SMILES string of the molecule is CCCCC=CC=CC(O)(C=CC=CCCCC)C(O)(C=CC=CCCCC)COCC(O)(C=CC=CCCCC)C(O)(C=CC=CCCCC)C=CC=CCCCC. The minimum absolute atomic E-state index is 0.392. The molecule has 0 aromatic rings. The standard InChI is InChI=1S/C54H86O5/c1-7-13-19-25-31-37-43-51(55,44-38-32-26-20-14-8-2)53(57,47-41-35-29-23-17-11-5)49-59-50-54(58,48-42-36-30-24-18-12-6)52(56,45-39-33-27-21-15-9-3)46-40-34-28-22-16-10-4/h25-48,55-58H,7-24,49-50H2,1-6H3. The molecule has 0 saturated heterocycles. The molecule has 5 nitrogen and oxygen atoms in total. The van der Waals surface area contributed by atoms with E-state index in [4.69, 9.17) is 4.74 Å². The highest BCUT2D eigenvalue weighted by Crippen LogP contribution is 2.32. The first-order valence-corrected chi connectivity index (χ1v) is 23.1. The van der Waals surface area contributed by atoms with Crippen LogP contribution in [0.1, 0.15) is 157 Å². The fourth-order valence-corrected chi connectivity index (χ4v) is 5.86. The van der Waals surface area contributed by atoms with E-state index in [1.54, 1.807) is 72.9 Å². The molecule has 2 unspecified atom stereocenters. The van der Waals surface area contributed by atoms with E-state index in [2.05, 4.69) is 65.8 Å². The van der Waals surface area contributed by atoms with Crippen LogP contribution >= 0.6 is 0 Å². The fraction of sp³-hybridized carbons (Fsp3) is 0.556. The lowest BCUT2D eigenvalue weighted by atomic mass is 9.80. The van der Waals surface area contributed by atoms with Crippen molar-refractivity contribution >= 4 is 0 Å². The molecular formula is C54H86O5. The summed E-state index contributed by atoms with van der Waals surface area (Å²) in [5, 5.41) is 49.9. The molecule has 5 heteroatoms. The van der Waals surface area contributed by atoms with Gasteiger partial charge in [0, 0.05) is 0 Å². The van der Waals surface area contributed by atoms with Crippen molar-refractivity contribution in [3.05, 3.63) is 146 Å². The largest absolute Gasteiger partial charge is 0.380 e. The first kappa shape index (κ1) is 55.7. The van der Waals surface area contributed by atoms with Crippen molar-refractivity contribution in [2.75, 3.05) is 13.2 Å². The molecule has 0 aromatic carbocycles. The average Bonchev–Trinajstić information content (AvgIpc) is 3.22. The Morgan fingerprint density at radius 3 is 0.712 bits per heavy atom. The molecule has 0 rings (SSSR count). The third kappa shape index (κ3) is 25.8. The molecule has 0 aliphatic carbocycles. The molecule has 59 heavy (non-hydrogen) atoms. The highest BCUT2D eigenvalue weighted by Gasteiger charge is 2.47. The van der Waals surface area contributed by atoms with Gasteiger partial charge in [-0.05, 0) is 75.0 Å². The second kappa shape index (κ2) is 36.5. The molecule has 0 aromatic heterocycles. The van der Waals surface area contributed by atoms with Crippen molar-refractivity contribution in [1.82, 2.24) is 0 Å². The van der Waals surface area contributed by atoms with E-state index in [1.807, 2.05) is 48.6 Å². The van der Waals surface area contributed by atoms with Crippen LogP contribution in [-0.2, 0) is 4.74 Å². The molecule has 0 amide bonds. The summed E-state index contributed by atoms with van der Waals surface area (Å²) in [5.74, 6) is 0. The van der Waals surface area contributed by atoms with Gasteiger partial charge < -0.3 is 25.2 Å². The molecule has 0 bridgehead atoms. The molecule has 0 aliphatic rings. The number of hydrogen-bond donors (Lipinski definition) is 4. The van der Waals surface area contributed by atoms with Crippen LogP contribution in [-0.4, -0.2) is 56.0 Å². The average molecular weight is 815 g/mol. The second-order valence-corrected chi connectivity index (χ2v) is 15.6. The van der Waals surface area contributed by atoms with Crippen molar-refractivity contribution in [3.8, 4) is 0 Å². The fourth-order valence-electron chi connectivity index (χ4n) is 5.86. The number of aliphatic hydroxyl groups is 4. The lowest BCUT2D eigenvalue weighted by molar-refractivity contribution is -0.146. The van der Waals surface area contributed by atoms with E-state index in [-0.39, 0.29) is 0 Å². The van der Waals surface area contributed by atoms with E-state index in [9.17, 15) is 20.4 Å². The van der Waals surface area contributed by atoms with Crippen molar-refractivity contribution in [1.29, 1.82) is 0 Å². The number of ether oxygens (including phenoxy) is 1. The maximum absolute atomic E-state index is 12.5. The van der Waals surface area contributed by atoms with E-state index < -0.39 is 35.6 Å². The van der Waals surface area contributed by atoms with Crippen LogP contribution < -0.4 is 0 Å². The monoisotopic (exact) mass is 815 g/mol. The van der Waals surface area contributed by atoms with E-state index >= 15 is 0 Å². The summed E-state index contributed by atoms with van der Waals surface area (Å²) >= 11 is 0. The summed E-state index contributed by atoms with van der Waals surface area (Å²) < 4.78 is 6.31. The first-order valence-electron chi connectivity index (χ1n) is 23.1. The number of rotatable bonds is 36. The van der Waals surface area contributed by atoms with Crippen LogP contribution in [0.4, 0.5) is 0 Å². The molecule has 0 fully saturated rings. The molecule has 332 valence electrons. The van der Waals surface area contributed by atoms with Gasteiger partial charge in [0.05, 0.1) is 13.2 Å². The maximum Gasteiger partial charge on any atom is 0.142 e. The summed E-state index contributed by atoms with van der Waals surface area (Å²) in [6, 6.07) is 0.